The van der Waals surface area contributed by atoms with E-state index in [1.165, 1.54) is 0 Å². The lowest BCUT2D eigenvalue weighted by Crippen LogP contribution is -2.30. The van der Waals surface area contributed by atoms with Crippen LogP contribution < -0.4 is 10.9 Å². The number of anilines is 1. The standard InChI is InChI=1S/C20H22N4O2/c1-13-6-8-15(9-7-13)21-18(25)12-24-14(2)11-16-19(24)20(26)23-10-4-3-5-17(23)22-16/h6-9,11H,3-5,10,12H2,1-2H3,(H,21,25). The molecule has 0 saturated carbocycles. The highest BCUT2D eigenvalue weighted by atomic mass is 16.2. The van der Waals surface area contributed by atoms with Gasteiger partial charge < -0.3 is 9.88 Å². The number of nitrogens with zero attached hydrogens (tertiary/aromatic N) is 3. The first-order chi connectivity index (χ1) is 12.5. The third-order valence-electron chi connectivity index (χ3n) is 4.96. The van der Waals surface area contributed by atoms with Gasteiger partial charge in [0.25, 0.3) is 5.56 Å². The van der Waals surface area contributed by atoms with Crippen molar-refractivity contribution < 1.29 is 4.79 Å². The van der Waals surface area contributed by atoms with E-state index >= 15 is 0 Å². The second kappa shape index (κ2) is 6.44. The van der Waals surface area contributed by atoms with Crippen LogP contribution in [0.2, 0.25) is 0 Å². The second-order valence-corrected chi connectivity index (χ2v) is 6.96. The molecule has 3 heterocycles. The molecule has 0 radical (unpaired) electrons. The number of amides is 1. The Bertz CT molecular complexity index is 1040. The number of hydrogen-bond acceptors (Lipinski definition) is 3. The molecular weight excluding hydrogens is 328 g/mol. The van der Waals surface area contributed by atoms with E-state index in [2.05, 4.69) is 10.3 Å². The molecule has 134 valence electrons. The number of carbonyl (C=O) groups is 1. The fraction of sp³-hybridized carbons (Fsp3) is 0.350. The van der Waals surface area contributed by atoms with Gasteiger partial charge in [0.1, 0.15) is 17.9 Å². The lowest BCUT2D eigenvalue weighted by molar-refractivity contribution is -0.116. The summed E-state index contributed by atoms with van der Waals surface area (Å²) in [4.78, 5) is 30.1. The highest BCUT2D eigenvalue weighted by Gasteiger charge is 2.19. The van der Waals surface area contributed by atoms with Crippen molar-refractivity contribution in [1.82, 2.24) is 14.1 Å². The van der Waals surface area contributed by atoms with Gasteiger partial charge in [0.05, 0.1) is 5.52 Å². The molecule has 3 aromatic rings. The summed E-state index contributed by atoms with van der Waals surface area (Å²) in [7, 11) is 0. The average molecular weight is 350 g/mol. The summed E-state index contributed by atoms with van der Waals surface area (Å²) in [5.41, 5.74) is 3.92. The number of rotatable bonds is 3. The van der Waals surface area contributed by atoms with Crippen molar-refractivity contribution in [2.75, 3.05) is 5.32 Å². The van der Waals surface area contributed by atoms with Crippen molar-refractivity contribution >= 4 is 22.6 Å². The van der Waals surface area contributed by atoms with Crippen LogP contribution >= 0.6 is 0 Å². The SMILES string of the molecule is Cc1ccc(NC(=O)Cn2c(C)cc3nc4n(c(=O)c32)CCCC4)cc1. The number of fused-ring (bicyclic) bond motifs is 2. The first kappa shape index (κ1) is 16.6. The molecule has 26 heavy (non-hydrogen) atoms. The number of nitrogens with one attached hydrogen (secondary N) is 1. The van der Waals surface area contributed by atoms with Gasteiger partial charge in [-0.25, -0.2) is 4.98 Å². The van der Waals surface area contributed by atoms with Crippen molar-refractivity contribution in [2.24, 2.45) is 0 Å². The lowest BCUT2D eigenvalue weighted by Gasteiger charge is -2.17. The van der Waals surface area contributed by atoms with E-state index in [9.17, 15) is 9.59 Å². The van der Waals surface area contributed by atoms with Crippen LogP contribution in [-0.4, -0.2) is 20.0 Å². The van der Waals surface area contributed by atoms with E-state index < -0.39 is 0 Å². The third-order valence-corrected chi connectivity index (χ3v) is 4.96. The number of aromatic nitrogens is 3. The van der Waals surface area contributed by atoms with Crippen LogP contribution in [0.5, 0.6) is 0 Å². The molecule has 0 bridgehead atoms. The molecule has 1 aliphatic heterocycles. The number of aryl methyl sites for hydroxylation is 3. The van der Waals surface area contributed by atoms with Crippen LogP contribution in [0.1, 0.15) is 29.9 Å². The summed E-state index contributed by atoms with van der Waals surface area (Å²) in [5, 5.41) is 2.89. The maximum atomic E-state index is 13.0. The molecule has 2 aromatic heterocycles. The zero-order chi connectivity index (χ0) is 18.3. The van der Waals surface area contributed by atoms with E-state index in [1.54, 1.807) is 9.13 Å². The van der Waals surface area contributed by atoms with Gasteiger partial charge in [-0.3, -0.25) is 14.2 Å². The molecule has 6 nitrogen and oxygen atoms in total. The highest BCUT2D eigenvalue weighted by Crippen LogP contribution is 2.19. The Balaban J connectivity index is 1.67. The molecule has 1 N–H and O–H groups in total. The molecule has 1 aromatic carbocycles. The molecular formula is C20H22N4O2. The Morgan fingerprint density at radius 2 is 1.96 bits per heavy atom. The van der Waals surface area contributed by atoms with Crippen LogP contribution in [0.25, 0.3) is 11.0 Å². The number of hydrogen-bond donors (Lipinski definition) is 1. The van der Waals surface area contributed by atoms with Gasteiger partial charge in [-0.2, -0.15) is 0 Å². The first-order valence-electron chi connectivity index (χ1n) is 8.99. The van der Waals surface area contributed by atoms with Gasteiger partial charge in [-0.15, -0.1) is 0 Å². The normalized spacial score (nSPS) is 13.6. The van der Waals surface area contributed by atoms with Crippen LogP contribution in [0.15, 0.2) is 35.1 Å². The fourth-order valence-corrected chi connectivity index (χ4v) is 3.57. The summed E-state index contributed by atoms with van der Waals surface area (Å²) in [6.45, 7) is 4.71. The topological polar surface area (TPSA) is 68.9 Å². The van der Waals surface area contributed by atoms with Gasteiger partial charge >= 0.3 is 0 Å². The highest BCUT2D eigenvalue weighted by molar-refractivity contribution is 5.91. The summed E-state index contributed by atoms with van der Waals surface area (Å²) in [6.07, 6.45) is 2.90. The lowest BCUT2D eigenvalue weighted by atomic mass is 10.1. The summed E-state index contributed by atoms with van der Waals surface area (Å²) in [5.74, 6) is 0.701. The van der Waals surface area contributed by atoms with Gasteiger partial charge in [-0.1, -0.05) is 17.7 Å². The van der Waals surface area contributed by atoms with E-state index in [4.69, 9.17) is 0 Å². The van der Waals surface area contributed by atoms with Crippen LogP contribution in [0.3, 0.4) is 0 Å². The average Bonchev–Trinajstić information content (AvgIpc) is 2.93. The largest absolute Gasteiger partial charge is 0.330 e. The quantitative estimate of drug-likeness (QED) is 0.790. The van der Waals surface area contributed by atoms with Crippen LogP contribution in [-0.2, 0) is 24.3 Å². The van der Waals surface area contributed by atoms with Gasteiger partial charge in [0.15, 0.2) is 0 Å². The molecule has 0 aliphatic carbocycles. The van der Waals surface area contributed by atoms with Gasteiger partial charge in [0.2, 0.25) is 5.91 Å². The smallest absolute Gasteiger partial charge is 0.278 e. The third kappa shape index (κ3) is 2.92. The van der Waals surface area contributed by atoms with Gasteiger partial charge in [0, 0.05) is 24.3 Å². The van der Waals surface area contributed by atoms with E-state index in [1.807, 2.05) is 44.2 Å². The molecule has 0 fully saturated rings. The molecule has 0 saturated heterocycles. The molecule has 0 unspecified atom stereocenters. The molecule has 6 heteroatoms. The van der Waals surface area contributed by atoms with Crippen molar-refractivity contribution in [3.63, 3.8) is 0 Å². The maximum Gasteiger partial charge on any atom is 0.278 e. The summed E-state index contributed by atoms with van der Waals surface area (Å²) < 4.78 is 3.54. The monoisotopic (exact) mass is 350 g/mol. The van der Waals surface area contributed by atoms with Crippen LogP contribution in [0, 0.1) is 13.8 Å². The molecule has 0 atom stereocenters. The zero-order valence-corrected chi connectivity index (χ0v) is 15.1. The van der Waals surface area contributed by atoms with Crippen molar-refractivity contribution in [3.8, 4) is 0 Å². The number of benzene rings is 1. The molecule has 0 spiro atoms. The maximum absolute atomic E-state index is 13.0. The molecule has 1 aliphatic rings. The zero-order valence-electron chi connectivity index (χ0n) is 15.1. The van der Waals surface area contributed by atoms with Crippen LogP contribution in [0.4, 0.5) is 5.69 Å². The molecule has 1 amide bonds. The number of carbonyl (C=O) groups excluding carboxylic acids is 1. The van der Waals surface area contributed by atoms with Crippen molar-refractivity contribution in [1.29, 1.82) is 0 Å². The molecule has 4 rings (SSSR count). The van der Waals surface area contributed by atoms with E-state index in [0.29, 0.717) is 17.6 Å². The Hall–Kier alpha value is -2.89. The minimum Gasteiger partial charge on any atom is -0.330 e. The fourth-order valence-electron chi connectivity index (χ4n) is 3.57. The first-order valence-corrected chi connectivity index (χ1v) is 8.99. The summed E-state index contributed by atoms with van der Waals surface area (Å²) >= 11 is 0. The Morgan fingerprint density at radius 1 is 1.19 bits per heavy atom. The minimum atomic E-state index is -0.156. The predicted octanol–water partition coefficient (Wildman–Crippen LogP) is 2.79. The Kier molecular flexibility index (Phi) is 4.11. The van der Waals surface area contributed by atoms with E-state index in [0.717, 1.165) is 42.0 Å². The van der Waals surface area contributed by atoms with Crippen molar-refractivity contribution in [3.05, 3.63) is 57.8 Å². The predicted molar refractivity (Wildman–Crippen MR) is 101 cm³/mol. The van der Waals surface area contributed by atoms with Gasteiger partial charge in [-0.05, 0) is 44.9 Å². The summed E-state index contributed by atoms with van der Waals surface area (Å²) in [6, 6.07) is 9.55. The second-order valence-electron chi connectivity index (χ2n) is 6.96. The van der Waals surface area contributed by atoms with Crippen molar-refractivity contribution in [2.45, 2.75) is 46.2 Å². The minimum absolute atomic E-state index is 0.0408. The van der Waals surface area contributed by atoms with E-state index in [-0.39, 0.29) is 18.0 Å². The Labute approximate surface area is 151 Å². The Morgan fingerprint density at radius 3 is 2.73 bits per heavy atom.